The van der Waals surface area contributed by atoms with Gasteiger partial charge in [0, 0.05) is 23.7 Å². The van der Waals surface area contributed by atoms with Gasteiger partial charge in [-0.15, -0.1) is 0 Å². The van der Waals surface area contributed by atoms with Crippen LogP contribution in [0.5, 0.6) is 0 Å². The Bertz CT molecular complexity index is 1080. The summed E-state index contributed by atoms with van der Waals surface area (Å²) < 4.78 is 51.7. The number of para-hydroxylation sites is 1. The third-order valence-corrected chi connectivity index (χ3v) is 6.28. The van der Waals surface area contributed by atoms with Gasteiger partial charge in [-0.1, -0.05) is 30.3 Å². The number of hydrogen-bond donors (Lipinski definition) is 2. The van der Waals surface area contributed by atoms with Crippen LogP contribution in [0.15, 0.2) is 48.7 Å². The molecule has 0 amide bonds. The molecule has 32 heavy (non-hydrogen) atoms. The molecule has 1 fully saturated rings. The van der Waals surface area contributed by atoms with Gasteiger partial charge in [-0.25, -0.2) is 4.39 Å². The van der Waals surface area contributed by atoms with Crippen LogP contribution >= 0.6 is 0 Å². The van der Waals surface area contributed by atoms with Crippen LogP contribution in [-0.4, -0.2) is 46.6 Å². The van der Waals surface area contributed by atoms with Gasteiger partial charge in [-0.05, 0) is 56.0 Å². The van der Waals surface area contributed by atoms with Crippen molar-refractivity contribution in [3.05, 3.63) is 71.2 Å². The van der Waals surface area contributed by atoms with Crippen LogP contribution in [0.1, 0.15) is 40.4 Å². The molecule has 4 nitrogen and oxygen atoms in total. The van der Waals surface area contributed by atoms with Gasteiger partial charge in [-0.3, -0.25) is 4.79 Å². The molecule has 2 N–H and O–H groups in total. The van der Waals surface area contributed by atoms with Crippen LogP contribution in [0.3, 0.4) is 0 Å². The minimum absolute atomic E-state index is 0.0345. The molecule has 8 heteroatoms. The molecule has 1 aromatic heterocycles. The van der Waals surface area contributed by atoms with Crippen molar-refractivity contribution in [1.82, 2.24) is 9.88 Å². The van der Waals surface area contributed by atoms with Crippen molar-refractivity contribution in [1.29, 1.82) is 0 Å². The maximum atomic E-state index is 13.0. The van der Waals surface area contributed by atoms with Crippen molar-refractivity contribution in [2.75, 3.05) is 19.6 Å². The summed E-state index contributed by atoms with van der Waals surface area (Å²) in [7, 11) is 0. The molecule has 2 heterocycles. The quantitative estimate of drug-likeness (QED) is 0.410. The zero-order valence-electron chi connectivity index (χ0n) is 17.3. The highest BCUT2D eigenvalue weighted by Gasteiger charge is 2.40. The molecule has 4 rings (SSSR count). The zero-order valence-corrected chi connectivity index (χ0v) is 17.3. The van der Waals surface area contributed by atoms with Crippen LogP contribution in [0, 0.1) is 11.7 Å². The normalized spacial score (nSPS) is 17.0. The van der Waals surface area contributed by atoms with E-state index >= 15 is 0 Å². The van der Waals surface area contributed by atoms with Crippen LogP contribution in [0.25, 0.3) is 10.9 Å². The Morgan fingerprint density at radius 3 is 2.47 bits per heavy atom. The molecule has 1 aliphatic rings. The number of ketones is 1. The van der Waals surface area contributed by atoms with Gasteiger partial charge < -0.3 is 15.0 Å². The molecular weight excluding hydrogens is 424 g/mol. The number of carbonyl (C=O) groups excluding carboxylic acids is 1. The first-order valence-electron chi connectivity index (χ1n) is 10.6. The van der Waals surface area contributed by atoms with Gasteiger partial charge in [0.1, 0.15) is 5.82 Å². The van der Waals surface area contributed by atoms with Crippen LogP contribution in [0.2, 0.25) is 0 Å². The predicted octanol–water partition coefficient (Wildman–Crippen LogP) is 5.04. The van der Waals surface area contributed by atoms with Gasteiger partial charge in [0.25, 0.3) is 5.78 Å². The molecule has 1 aliphatic heterocycles. The van der Waals surface area contributed by atoms with E-state index in [0.717, 1.165) is 50.7 Å². The van der Waals surface area contributed by atoms with E-state index in [9.17, 15) is 27.5 Å². The molecule has 3 aromatic rings. The molecule has 0 radical (unpaired) electrons. The number of alkyl halides is 3. The van der Waals surface area contributed by atoms with Gasteiger partial charge in [-0.2, -0.15) is 13.2 Å². The Hall–Kier alpha value is -2.71. The Kier molecular flexibility index (Phi) is 6.35. The number of halogens is 4. The number of nitrogens with one attached hydrogen (secondary N) is 1. The van der Waals surface area contributed by atoms with Crippen molar-refractivity contribution in [2.24, 2.45) is 5.92 Å². The second-order valence-corrected chi connectivity index (χ2v) is 8.30. The standard InChI is InChI=1S/C24H24F4N2O2/c25-17-6-4-15(5-7-17)8-11-30-12-9-16(10-13-30)22(31)19-3-1-2-18-20(14-29-21(18)19)23(32)24(26,27)28/h1-7,14,16,22,29,31H,8-13H2. The van der Waals surface area contributed by atoms with Crippen molar-refractivity contribution >= 4 is 16.7 Å². The van der Waals surface area contributed by atoms with Crippen LogP contribution in [0.4, 0.5) is 17.6 Å². The number of aromatic amines is 1. The first-order valence-corrected chi connectivity index (χ1v) is 10.6. The highest BCUT2D eigenvalue weighted by atomic mass is 19.4. The highest BCUT2D eigenvalue weighted by Crippen LogP contribution is 2.36. The fraction of sp³-hybridized carbons (Fsp3) is 0.375. The number of likely N-dealkylation sites (tertiary alicyclic amines) is 1. The van der Waals surface area contributed by atoms with Gasteiger partial charge in [0.15, 0.2) is 0 Å². The molecule has 1 unspecified atom stereocenters. The number of rotatable bonds is 6. The molecule has 0 bridgehead atoms. The summed E-state index contributed by atoms with van der Waals surface area (Å²) in [6.07, 6.45) is -2.43. The first kappa shape index (κ1) is 22.5. The molecule has 170 valence electrons. The lowest BCUT2D eigenvalue weighted by Gasteiger charge is -2.34. The largest absolute Gasteiger partial charge is 0.454 e. The average Bonchev–Trinajstić information content (AvgIpc) is 3.21. The summed E-state index contributed by atoms with van der Waals surface area (Å²) >= 11 is 0. The highest BCUT2D eigenvalue weighted by molar-refractivity contribution is 6.10. The molecule has 1 saturated heterocycles. The van der Waals surface area contributed by atoms with E-state index in [-0.39, 0.29) is 17.1 Å². The fourth-order valence-electron chi connectivity index (χ4n) is 4.45. The number of aromatic nitrogens is 1. The van der Waals surface area contributed by atoms with E-state index in [0.29, 0.717) is 11.1 Å². The number of aliphatic hydroxyl groups is 1. The number of carbonyl (C=O) groups is 1. The monoisotopic (exact) mass is 448 g/mol. The second kappa shape index (κ2) is 9.03. The van der Waals surface area contributed by atoms with E-state index in [4.69, 9.17) is 0 Å². The number of nitrogens with zero attached hydrogens (tertiary/aromatic N) is 1. The Labute approximate surface area is 182 Å². The van der Waals surface area contributed by atoms with E-state index in [2.05, 4.69) is 9.88 Å². The number of H-pyrrole nitrogens is 1. The second-order valence-electron chi connectivity index (χ2n) is 8.30. The SMILES string of the molecule is O=C(c1c[nH]c2c(C(O)C3CCN(CCc4ccc(F)cc4)CC3)cccc12)C(F)(F)F. The number of Topliss-reactive ketones (excluding diaryl/α,β-unsaturated/α-hetero) is 1. The maximum absolute atomic E-state index is 13.0. The smallest absolute Gasteiger partial charge is 0.388 e. The van der Waals surface area contributed by atoms with E-state index in [1.165, 1.54) is 18.2 Å². The average molecular weight is 448 g/mol. The van der Waals surface area contributed by atoms with Crippen molar-refractivity contribution in [2.45, 2.75) is 31.5 Å². The van der Waals surface area contributed by atoms with Crippen molar-refractivity contribution < 1.29 is 27.5 Å². The minimum atomic E-state index is -4.95. The molecule has 0 saturated carbocycles. The van der Waals surface area contributed by atoms with Gasteiger partial charge in [0.2, 0.25) is 0 Å². The van der Waals surface area contributed by atoms with Crippen molar-refractivity contribution in [3.8, 4) is 0 Å². The predicted molar refractivity (Wildman–Crippen MR) is 113 cm³/mol. The summed E-state index contributed by atoms with van der Waals surface area (Å²) in [4.78, 5) is 16.8. The zero-order chi connectivity index (χ0) is 22.9. The Morgan fingerprint density at radius 2 is 1.81 bits per heavy atom. The fourth-order valence-corrected chi connectivity index (χ4v) is 4.45. The number of aliphatic hydroxyl groups excluding tert-OH is 1. The van der Waals surface area contributed by atoms with Crippen LogP contribution < -0.4 is 0 Å². The molecule has 0 spiro atoms. The third-order valence-electron chi connectivity index (χ3n) is 6.28. The maximum Gasteiger partial charge on any atom is 0.454 e. The molecule has 1 atom stereocenters. The summed E-state index contributed by atoms with van der Waals surface area (Å²) in [6.45, 7) is 2.42. The summed E-state index contributed by atoms with van der Waals surface area (Å²) in [5.74, 6) is -2.19. The Balaban J connectivity index is 1.41. The summed E-state index contributed by atoms with van der Waals surface area (Å²) in [5.41, 5.74) is 1.51. The van der Waals surface area contributed by atoms with Gasteiger partial charge in [0.05, 0.1) is 17.2 Å². The lowest BCUT2D eigenvalue weighted by molar-refractivity contribution is -0.0884. The summed E-state index contributed by atoms with van der Waals surface area (Å²) in [5, 5.41) is 11.2. The lowest BCUT2D eigenvalue weighted by Crippen LogP contribution is -2.36. The Morgan fingerprint density at radius 1 is 1.12 bits per heavy atom. The van der Waals surface area contributed by atoms with Crippen LogP contribution in [-0.2, 0) is 6.42 Å². The topological polar surface area (TPSA) is 56.3 Å². The molecular formula is C24H24F4N2O2. The summed E-state index contributed by atoms with van der Waals surface area (Å²) in [6, 6.07) is 11.2. The number of fused-ring (bicyclic) bond motifs is 1. The van der Waals surface area contributed by atoms with E-state index < -0.39 is 23.6 Å². The van der Waals surface area contributed by atoms with Gasteiger partial charge >= 0.3 is 6.18 Å². The molecule has 0 aliphatic carbocycles. The first-order chi connectivity index (χ1) is 15.2. The number of piperidine rings is 1. The minimum Gasteiger partial charge on any atom is -0.388 e. The third kappa shape index (κ3) is 4.71. The lowest BCUT2D eigenvalue weighted by atomic mass is 9.86. The molecule has 2 aromatic carbocycles. The number of benzene rings is 2. The van der Waals surface area contributed by atoms with E-state index in [1.54, 1.807) is 24.3 Å². The number of hydrogen-bond acceptors (Lipinski definition) is 3. The van der Waals surface area contributed by atoms with E-state index in [1.807, 2.05) is 0 Å². The van der Waals surface area contributed by atoms with Crippen molar-refractivity contribution in [3.63, 3.8) is 0 Å².